The number of anilines is 1. The van der Waals surface area contributed by atoms with Gasteiger partial charge >= 0.3 is 6.18 Å². The van der Waals surface area contributed by atoms with E-state index in [0.29, 0.717) is 28.0 Å². The molecule has 1 N–H and O–H groups in total. The number of benzene rings is 4. The number of amides is 2. The van der Waals surface area contributed by atoms with Crippen LogP contribution in [0.5, 0.6) is 0 Å². The van der Waals surface area contributed by atoms with E-state index in [1.807, 2.05) is 13.8 Å². The number of hydrogen-bond donors (Lipinski definition) is 1. The summed E-state index contributed by atoms with van der Waals surface area (Å²) in [6.45, 7) is 4.69. The highest BCUT2D eigenvalue weighted by Crippen LogP contribution is 2.33. The molecule has 48 heavy (non-hydrogen) atoms. The molecule has 0 aromatic heterocycles. The SMILES string of the molecule is Cc1ccc(S(=O)(=O)N(CC(=O)N(Cc2ccc(F)cc2)[C@H](Cc2ccccc2)C(=O)NCC(C)C)c2cccc(C(F)(F)F)c2)cc1. The summed E-state index contributed by atoms with van der Waals surface area (Å²) < 4.78 is 83.9. The topological polar surface area (TPSA) is 86.8 Å². The van der Waals surface area contributed by atoms with Crippen molar-refractivity contribution >= 4 is 27.5 Å². The summed E-state index contributed by atoms with van der Waals surface area (Å²) in [7, 11) is -4.60. The summed E-state index contributed by atoms with van der Waals surface area (Å²) in [6.07, 6.45) is -4.74. The summed E-state index contributed by atoms with van der Waals surface area (Å²) >= 11 is 0. The van der Waals surface area contributed by atoms with Gasteiger partial charge in [0, 0.05) is 19.5 Å². The van der Waals surface area contributed by atoms with Crippen LogP contribution in [0.2, 0.25) is 0 Å². The van der Waals surface area contributed by atoms with Crippen molar-refractivity contribution in [2.75, 3.05) is 17.4 Å². The molecule has 4 aromatic carbocycles. The molecule has 7 nitrogen and oxygen atoms in total. The smallest absolute Gasteiger partial charge is 0.354 e. The maximum Gasteiger partial charge on any atom is 0.416 e. The molecule has 254 valence electrons. The number of alkyl halides is 3. The van der Waals surface area contributed by atoms with Gasteiger partial charge in [0.05, 0.1) is 16.1 Å². The number of carbonyl (C=O) groups is 2. The number of aryl methyl sites for hydroxylation is 1. The van der Waals surface area contributed by atoms with Crippen LogP contribution in [0.4, 0.5) is 23.2 Å². The molecule has 0 aliphatic heterocycles. The van der Waals surface area contributed by atoms with Gasteiger partial charge in [0.2, 0.25) is 11.8 Å². The number of halogens is 4. The van der Waals surface area contributed by atoms with E-state index < -0.39 is 52.0 Å². The fraction of sp³-hybridized carbons (Fsp3) is 0.278. The second-order valence-corrected chi connectivity index (χ2v) is 13.7. The number of hydrogen-bond acceptors (Lipinski definition) is 4. The minimum atomic E-state index is -4.79. The van der Waals surface area contributed by atoms with Crippen molar-refractivity contribution in [1.82, 2.24) is 10.2 Å². The van der Waals surface area contributed by atoms with Crippen molar-refractivity contribution < 1.29 is 35.6 Å². The molecule has 0 saturated carbocycles. The van der Waals surface area contributed by atoms with Crippen molar-refractivity contribution in [3.05, 3.63) is 131 Å². The average molecular weight is 684 g/mol. The van der Waals surface area contributed by atoms with Crippen LogP contribution in [0.1, 0.15) is 36.1 Å². The molecule has 0 saturated heterocycles. The summed E-state index contributed by atoms with van der Waals surface area (Å²) in [5.74, 6) is -1.81. The van der Waals surface area contributed by atoms with Crippen LogP contribution in [-0.2, 0) is 38.8 Å². The second kappa shape index (κ2) is 15.5. The Labute approximate surface area is 278 Å². The van der Waals surface area contributed by atoms with Crippen LogP contribution >= 0.6 is 0 Å². The van der Waals surface area contributed by atoms with E-state index in [1.165, 1.54) is 59.5 Å². The number of nitrogens with one attached hydrogen (secondary N) is 1. The molecule has 12 heteroatoms. The Balaban J connectivity index is 1.84. The van der Waals surface area contributed by atoms with Gasteiger partial charge in [0.1, 0.15) is 18.4 Å². The minimum absolute atomic E-state index is 0.0476. The lowest BCUT2D eigenvalue weighted by atomic mass is 10.0. The zero-order chi connectivity index (χ0) is 35.1. The molecule has 2 amide bonds. The van der Waals surface area contributed by atoms with Crippen LogP contribution in [0, 0.1) is 18.7 Å². The molecule has 4 rings (SSSR count). The summed E-state index contributed by atoms with van der Waals surface area (Å²) in [5, 5.41) is 2.85. The van der Waals surface area contributed by atoms with Crippen molar-refractivity contribution in [2.45, 2.75) is 50.9 Å². The Bertz CT molecular complexity index is 1800. The van der Waals surface area contributed by atoms with E-state index >= 15 is 0 Å². The lowest BCUT2D eigenvalue weighted by Gasteiger charge is -2.34. The predicted octanol–water partition coefficient (Wildman–Crippen LogP) is 6.76. The first-order valence-electron chi connectivity index (χ1n) is 15.3. The third-order valence-electron chi connectivity index (χ3n) is 7.57. The van der Waals surface area contributed by atoms with Gasteiger partial charge in [-0.1, -0.05) is 80.1 Å². The first-order valence-corrected chi connectivity index (χ1v) is 16.7. The van der Waals surface area contributed by atoms with E-state index in [9.17, 15) is 35.6 Å². The van der Waals surface area contributed by atoms with Crippen molar-refractivity contribution in [3.8, 4) is 0 Å². The highest BCUT2D eigenvalue weighted by Gasteiger charge is 2.36. The fourth-order valence-electron chi connectivity index (χ4n) is 4.97. The summed E-state index contributed by atoms with van der Waals surface area (Å²) in [6, 6.07) is 22.4. The highest BCUT2D eigenvalue weighted by atomic mass is 32.2. The van der Waals surface area contributed by atoms with E-state index in [4.69, 9.17) is 0 Å². The molecule has 0 aliphatic carbocycles. The van der Waals surface area contributed by atoms with Crippen LogP contribution in [0.3, 0.4) is 0 Å². The molecule has 1 atom stereocenters. The highest BCUT2D eigenvalue weighted by molar-refractivity contribution is 7.92. The minimum Gasteiger partial charge on any atom is -0.354 e. The zero-order valence-electron chi connectivity index (χ0n) is 26.7. The Hall–Kier alpha value is -4.71. The average Bonchev–Trinajstić information content (AvgIpc) is 3.05. The van der Waals surface area contributed by atoms with Crippen LogP contribution in [0.15, 0.2) is 108 Å². The summed E-state index contributed by atoms with van der Waals surface area (Å²) in [4.78, 5) is 29.2. The summed E-state index contributed by atoms with van der Waals surface area (Å²) in [5.41, 5.74) is 0.420. The fourth-order valence-corrected chi connectivity index (χ4v) is 6.37. The van der Waals surface area contributed by atoms with Gasteiger partial charge in [-0.2, -0.15) is 13.2 Å². The van der Waals surface area contributed by atoms with Gasteiger partial charge in [0.15, 0.2) is 0 Å². The molecule has 0 spiro atoms. The maximum atomic E-state index is 14.4. The third kappa shape index (κ3) is 9.43. The molecule has 0 aliphatic rings. The van der Waals surface area contributed by atoms with Crippen molar-refractivity contribution in [2.24, 2.45) is 5.92 Å². The molecule has 0 fully saturated rings. The number of rotatable bonds is 13. The normalized spacial score (nSPS) is 12.4. The lowest BCUT2D eigenvalue weighted by Crippen LogP contribution is -2.53. The van der Waals surface area contributed by atoms with Gasteiger partial charge in [-0.25, -0.2) is 12.8 Å². The van der Waals surface area contributed by atoms with Gasteiger partial charge < -0.3 is 10.2 Å². The molecule has 4 aromatic rings. The molecular formula is C36H37F4N3O4S. The van der Waals surface area contributed by atoms with E-state index in [2.05, 4.69) is 5.32 Å². The van der Waals surface area contributed by atoms with E-state index in [-0.39, 0.29) is 29.5 Å². The quantitative estimate of drug-likeness (QED) is 0.158. The van der Waals surface area contributed by atoms with Crippen molar-refractivity contribution in [1.29, 1.82) is 0 Å². The Morgan fingerprint density at radius 1 is 0.833 bits per heavy atom. The number of sulfonamides is 1. The van der Waals surface area contributed by atoms with Gasteiger partial charge in [-0.15, -0.1) is 0 Å². The molecule has 0 unspecified atom stereocenters. The predicted molar refractivity (Wildman–Crippen MR) is 176 cm³/mol. The van der Waals surface area contributed by atoms with Gasteiger partial charge in [0.25, 0.3) is 10.0 Å². The lowest BCUT2D eigenvalue weighted by molar-refractivity contribution is -0.140. The zero-order valence-corrected chi connectivity index (χ0v) is 27.6. The Morgan fingerprint density at radius 2 is 1.48 bits per heavy atom. The third-order valence-corrected chi connectivity index (χ3v) is 9.36. The Kier molecular flexibility index (Phi) is 11.6. The molecule has 0 heterocycles. The standard InChI is InChI=1S/C36H37F4N3O4S/c1-25(2)22-41-35(45)33(20-27-8-5-4-6-9-27)42(23-28-14-16-30(37)17-15-28)34(44)24-43(31-11-7-10-29(21-31)36(38,39)40)48(46,47)32-18-12-26(3)13-19-32/h4-19,21,25,33H,20,22-24H2,1-3H3,(H,41,45)/t33-/m1/s1. The monoisotopic (exact) mass is 683 g/mol. The molecule has 0 radical (unpaired) electrons. The van der Waals surface area contributed by atoms with Gasteiger partial charge in [-0.05, 0) is 66.4 Å². The number of nitrogens with zero attached hydrogens (tertiary/aromatic N) is 2. The van der Waals surface area contributed by atoms with E-state index in [1.54, 1.807) is 37.3 Å². The first kappa shape index (κ1) is 36.1. The molecule has 0 bridgehead atoms. The number of carbonyl (C=O) groups excluding carboxylic acids is 2. The van der Waals surface area contributed by atoms with E-state index in [0.717, 1.165) is 17.7 Å². The maximum absolute atomic E-state index is 14.4. The van der Waals surface area contributed by atoms with Crippen molar-refractivity contribution in [3.63, 3.8) is 0 Å². The molecular weight excluding hydrogens is 646 g/mol. The largest absolute Gasteiger partial charge is 0.416 e. The van der Waals surface area contributed by atoms with Crippen LogP contribution in [0.25, 0.3) is 0 Å². The first-order chi connectivity index (χ1) is 22.6. The van der Waals surface area contributed by atoms with Crippen LogP contribution in [-0.4, -0.2) is 44.3 Å². The second-order valence-electron chi connectivity index (χ2n) is 11.9. The van der Waals surface area contributed by atoms with Crippen LogP contribution < -0.4 is 9.62 Å². The van der Waals surface area contributed by atoms with Gasteiger partial charge in [-0.3, -0.25) is 13.9 Å². The Morgan fingerprint density at radius 3 is 2.08 bits per heavy atom.